The van der Waals surface area contributed by atoms with E-state index >= 15 is 0 Å². The Morgan fingerprint density at radius 1 is 1.28 bits per heavy atom. The zero-order valence-electron chi connectivity index (χ0n) is 14.1. The van der Waals surface area contributed by atoms with Crippen molar-refractivity contribution in [2.75, 3.05) is 13.2 Å². The van der Waals surface area contributed by atoms with Gasteiger partial charge in [-0.2, -0.15) is 0 Å². The van der Waals surface area contributed by atoms with E-state index in [4.69, 9.17) is 10.5 Å². The van der Waals surface area contributed by atoms with Crippen molar-refractivity contribution in [3.63, 3.8) is 0 Å². The van der Waals surface area contributed by atoms with Crippen LogP contribution >= 0.6 is 0 Å². The number of rotatable bonds is 3. The van der Waals surface area contributed by atoms with Gasteiger partial charge in [0.05, 0.1) is 10.9 Å². The van der Waals surface area contributed by atoms with Gasteiger partial charge in [0, 0.05) is 36.8 Å². The molecule has 25 heavy (non-hydrogen) atoms. The molecule has 4 rings (SSSR count). The molecule has 0 bridgehead atoms. The third-order valence-electron chi connectivity index (χ3n) is 5.10. The fourth-order valence-electron chi connectivity index (χ4n) is 3.67. The zero-order valence-corrected chi connectivity index (χ0v) is 14.1. The number of hydrogen-bond donors (Lipinski definition) is 1. The van der Waals surface area contributed by atoms with Crippen LogP contribution in [-0.2, 0) is 4.74 Å². The maximum Gasteiger partial charge on any atom is 0.261 e. The van der Waals surface area contributed by atoms with Crippen molar-refractivity contribution < 1.29 is 13.5 Å². The fraction of sp³-hybridized carbons (Fsp3) is 0.556. The molecule has 0 unspecified atom stereocenters. The van der Waals surface area contributed by atoms with E-state index in [0.717, 1.165) is 31.7 Å². The smallest absolute Gasteiger partial charge is 0.261 e. The van der Waals surface area contributed by atoms with Crippen LogP contribution in [0, 0.1) is 11.6 Å². The largest absolute Gasteiger partial charge is 0.381 e. The molecule has 1 aliphatic heterocycles. The number of benzene rings is 1. The second-order valence-electron chi connectivity index (χ2n) is 7.03. The number of aromatic nitrogens is 2. The molecule has 0 amide bonds. The summed E-state index contributed by atoms with van der Waals surface area (Å²) in [5.74, 6) is -1.33. The average molecular weight is 349 g/mol. The molecule has 134 valence electrons. The summed E-state index contributed by atoms with van der Waals surface area (Å²) in [6, 6.07) is 0.303. The van der Waals surface area contributed by atoms with Gasteiger partial charge < -0.3 is 10.5 Å². The number of nitrogens with two attached hydrogens (primary N) is 1. The molecule has 1 aromatic heterocycles. The molecule has 2 fully saturated rings. The molecule has 7 heteroatoms. The number of ether oxygens (including phenoxy) is 1. The van der Waals surface area contributed by atoms with E-state index in [2.05, 4.69) is 4.98 Å². The van der Waals surface area contributed by atoms with Gasteiger partial charge in [-0.25, -0.2) is 13.8 Å². The molecule has 1 saturated carbocycles. The summed E-state index contributed by atoms with van der Waals surface area (Å²) < 4.78 is 35.5. The van der Waals surface area contributed by atoms with Gasteiger partial charge in [-0.15, -0.1) is 0 Å². The van der Waals surface area contributed by atoms with Gasteiger partial charge in [0.15, 0.2) is 11.6 Å². The Kier molecular flexibility index (Phi) is 4.08. The summed E-state index contributed by atoms with van der Waals surface area (Å²) in [6.07, 6.45) is 3.35. The molecule has 1 aromatic carbocycles. The van der Waals surface area contributed by atoms with E-state index in [-0.39, 0.29) is 34.0 Å². The molecule has 5 nitrogen and oxygen atoms in total. The van der Waals surface area contributed by atoms with Gasteiger partial charge in [-0.1, -0.05) is 0 Å². The van der Waals surface area contributed by atoms with Gasteiger partial charge in [-0.05, 0) is 38.7 Å². The normalized spacial score (nSPS) is 20.2. The SMILES string of the molecule is C[C@@H](N)c1c(F)c(F)cc2c(=O)n(C3CC3)c(C3CCOCC3)nc12. The topological polar surface area (TPSA) is 70.1 Å². The number of nitrogens with zero attached hydrogens (tertiary/aromatic N) is 2. The van der Waals surface area contributed by atoms with E-state index in [0.29, 0.717) is 19.0 Å². The summed E-state index contributed by atoms with van der Waals surface area (Å²) in [5, 5.41) is 0.105. The van der Waals surface area contributed by atoms with Crippen molar-refractivity contribution >= 4 is 10.9 Å². The van der Waals surface area contributed by atoms with Crippen LogP contribution in [0.5, 0.6) is 0 Å². The Morgan fingerprint density at radius 3 is 2.56 bits per heavy atom. The van der Waals surface area contributed by atoms with Crippen LogP contribution in [0.25, 0.3) is 10.9 Å². The Hall–Kier alpha value is -1.86. The Morgan fingerprint density at radius 2 is 1.96 bits per heavy atom. The first-order valence-electron chi connectivity index (χ1n) is 8.76. The van der Waals surface area contributed by atoms with Crippen molar-refractivity contribution in [3.05, 3.63) is 39.4 Å². The van der Waals surface area contributed by atoms with Crippen LogP contribution in [0.15, 0.2) is 10.9 Å². The number of hydrogen-bond acceptors (Lipinski definition) is 4. The fourth-order valence-corrected chi connectivity index (χ4v) is 3.67. The minimum absolute atomic E-state index is 0.0247. The lowest BCUT2D eigenvalue weighted by Crippen LogP contribution is -2.29. The van der Waals surface area contributed by atoms with Crippen molar-refractivity contribution in [2.24, 2.45) is 5.73 Å². The molecule has 2 heterocycles. The lowest BCUT2D eigenvalue weighted by atomic mass is 9.97. The maximum atomic E-state index is 14.3. The van der Waals surface area contributed by atoms with Gasteiger partial charge in [-0.3, -0.25) is 9.36 Å². The van der Waals surface area contributed by atoms with Crippen LogP contribution in [0.2, 0.25) is 0 Å². The Balaban J connectivity index is 2.03. The van der Waals surface area contributed by atoms with Crippen LogP contribution in [-0.4, -0.2) is 22.8 Å². The minimum Gasteiger partial charge on any atom is -0.381 e. The van der Waals surface area contributed by atoms with Crippen LogP contribution in [0.4, 0.5) is 8.78 Å². The quantitative estimate of drug-likeness (QED) is 0.925. The van der Waals surface area contributed by atoms with E-state index in [1.807, 2.05) is 0 Å². The highest BCUT2D eigenvalue weighted by molar-refractivity contribution is 5.82. The number of halogens is 2. The monoisotopic (exact) mass is 349 g/mol. The van der Waals surface area contributed by atoms with Crippen LogP contribution in [0.1, 0.15) is 62.0 Å². The molecule has 1 atom stereocenters. The molecule has 2 N–H and O–H groups in total. The summed E-state index contributed by atoms with van der Waals surface area (Å²) in [5.41, 5.74) is 5.73. The van der Waals surface area contributed by atoms with E-state index in [1.165, 1.54) is 0 Å². The summed E-state index contributed by atoms with van der Waals surface area (Å²) >= 11 is 0. The van der Waals surface area contributed by atoms with E-state index in [1.54, 1.807) is 11.5 Å². The van der Waals surface area contributed by atoms with Crippen molar-refractivity contribution in [1.29, 1.82) is 0 Å². The first-order valence-corrected chi connectivity index (χ1v) is 8.76. The first-order chi connectivity index (χ1) is 12.0. The standard InChI is InChI=1S/C18H21F2N3O2/c1-9(21)14-15(20)13(19)8-12-16(14)22-17(10-4-6-25-7-5-10)23(18(12)24)11-2-3-11/h8-11H,2-7,21H2,1H3/t9-/m1/s1. The maximum absolute atomic E-state index is 14.3. The van der Waals surface area contributed by atoms with E-state index < -0.39 is 17.7 Å². The van der Waals surface area contributed by atoms with Crippen molar-refractivity contribution in [1.82, 2.24) is 9.55 Å². The molecular formula is C18H21F2N3O2. The minimum atomic E-state index is -1.06. The van der Waals surface area contributed by atoms with Gasteiger partial charge in [0.25, 0.3) is 5.56 Å². The lowest BCUT2D eigenvalue weighted by molar-refractivity contribution is 0.0825. The third kappa shape index (κ3) is 2.75. The average Bonchev–Trinajstić information content (AvgIpc) is 3.42. The highest BCUT2D eigenvalue weighted by Gasteiger charge is 2.33. The first kappa shape index (κ1) is 16.6. The Labute approximate surface area is 143 Å². The molecule has 0 spiro atoms. The lowest BCUT2D eigenvalue weighted by Gasteiger charge is -2.25. The summed E-state index contributed by atoms with van der Waals surface area (Å²) in [4.78, 5) is 17.7. The third-order valence-corrected chi connectivity index (χ3v) is 5.10. The zero-order chi connectivity index (χ0) is 17.7. The number of fused-ring (bicyclic) bond motifs is 1. The van der Waals surface area contributed by atoms with Crippen LogP contribution < -0.4 is 11.3 Å². The highest BCUT2D eigenvalue weighted by Crippen LogP contribution is 2.38. The predicted octanol–water partition coefficient (Wildman–Crippen LogP) is 2.92. The molecule has 0 radical (unpaired) electrons. The van der Waals surface area contributed by atoms with Gasteiger partial charge in [0.1, 0.15) is 5.82 Å². The Bertz CT molecular complexity index is 884. The second-order valence-corrected chi connectivity index (χ2v) is 7.03. The summed E-state index contributed by atoms with van der Waals surface area (Å²) in [7, 11) is 0. The predicted molar refractivity (Wildman–Crippen MR) is 89.6 cm³/mol. The van der Waals surface area contributed by atoms with Crippen molar-refractivity contribution in [2.45, 2.75) is 50.6 Å². The van der Waals surface area contributed by atoms with Gasteiger partial charge >= 0.3 is 0 Å². The van der Waals surface area contributed by atoms with Crippen LogP contribution in [0.3, 0.4) is 0 Å². The van der Waals surface area contributed by atoms with Crippen molar-refractivity contribution in [3.8, 4) is 0 Å². The highest BCUT2D eigenvalue weighted by atomic mass is 19.2. The molecule has 2 aromatic rings. The van der Waals surface area contributed by atoms with Gasteiger partial charge in [0.2, 0.25) is 0 Å². The molecule has 2 aliphatic rings. The molecule has 1 saturated heterocycles. The molecular weight excluding hydrogens is 328 g/mol. The second kappa shape index (κ2) is 6.14. The summed E-state index contributed by atoms with van der Waals surface area (Å²) in [6.45, 7) is 2.79. The molecule has 1 aliphatic carbocycles. The van der Waals surface area contributed by atoms with E-state index in [9.17, 15) is 13.6 Å².